The monoisotopic (exact) mass is 246 g/mol. The summed E-state index contributed by atoms with van der Waals surface area (Å²) >= 11 is 0. The molecule has 18 heavy (non-hydrogen) atoms. The molecule has 1 heterocycles. The summed E-state index contributed by atoms with van der Waals surface area (Å²) in [5.74, 6) is 0.387. The summed E-state index contributed by atoms with van der Waals surface area (Å²) in [5, 5.41) is 0. The summed E-state index contributed by atoms with van der Waals surface area (Å²) in [5.41, 5.74) is 1.95. The van der Waals surface area contributed by atoms with Crippen molar-refractivity contribution in [2.75, 3.05) is 0 Å². The number of carbonyl (C=O) groups excluding carboxylic acids is 1. The van der Waals surface area contributed by atoms with E-state index in [1.54, 1.807) is 13.0 Å². The van der Waals surface area contributed by atoms with Gasteiger partial charge in [-0.25, -0.2) is 4.79 Å². The number of cyclic esters (lactones) is 1. The predicted molar refractivity (Wildman–Crippen MR) is 69.4 cm³/mol. The van der Waals surface area contributed by atoms with Gasteiger partial charge in [0.05, 0.1) is 0 Å². The van der Waals surface area contributed by atoms with Crippen molar-refractivity contribution in [2.45, 2.75) is 39.4 Å². The first kappa shape index (κ1) is 12.7. The SMILES string of the molecule is CC1=CC(Oc2ccc(C(C)(C)C)cc2)OC1=O. The van der Waals surface area contributed by atoms with Crippen molar-refractivity contribution in [1.82, 2.24) is 0 Å². The van der Waals surface area contributed by atoms with Gasteiger partial charge in [0.2, 0.25) is 0 Å². The molecule has 0 radical (unpaired) electrons. The fourth-order valence-corrected chi connectivity index (χ4v) is 1.73. The highest BCUT2D eigenvalue weighted by Gasteiger charge is 2.23. The van der Waals surface area contributed by atoms with E-state index < -0.39 is 6.29 Å². The van der Waals surface area contributed by atoms with E-state index in [1.165, 1.54) is 5.56 Å². The summed E-state index contributed by atoms with van der Waals surface area (Å²) in [6.07, 6.45) is 1.08. The molecule has 3 heteroatoms. The maximum Gasteiger partial charge on any atom is 0.336 e. The first-order chi connectivity index (χ1) is 8.36. The minimum Gasteiger partial charge on any atom is -0.451 e. The van der Waals surface area contributed by atoms with E-state index in [-0.39, 0.29) is 11.4 Å². The van der Waals surface area contributed by atoms with Gasteiger partial charge in [-0.2, -0.15) is 0 Å². The number of ether oxygens (including phenoxy) is 2. The van der Waals surface area contributed by atoms with E-state index in [9.17, 15) is 4.79 Å². The highest BCUT2D eigenvalue weighted by atomic mass is 16.7. The second-order valence-electron chi connectivity index (χ2n) is 5.52. The van der Waals surface area contributed by atoms with Crippen LogP contribution < -0.4 is 4.74 Å². The van der Waals surface area contributed by atoms with Gasteiger partial charge in [-0.1, -0.05) is 32.9 Å². The largest absolute Gasteiger partial charge is 0.451 e. The second-order valence-corrected chi connectivity index (χ2v) is 5.52. The van der Waals surface area contributed by atoms with Gasteiger partial charge in [0, 0.05) is 11.6 Å². The van der Waals surface area contributed by atoms with Gasteiger partial charge in [0.15, 0.2) is 0 Å². The van der Waals surface area contributed by atoms with Gasteiger partial charge in [0.1, 0.15) is 5.75 Å². The van der Waals surface area contributed by atoms with Crippen LogP contribution in [-0.2, 0) is 14.9 Å². The molecule has 0 saturated carbocycles. The van der Waals surface area contributed by atoms with Crippen molar-refractivity contribution in [3.05, 3.63) is 41.5 Å². The molecule has 0 spiro atoms. The lowest BCUT2D eigenvalue weighted by atomic mass is 9.87. The zero-order valence-corrected chi connectivity index (χ0v) is 11.2. The molecule has 0 saturated heterocycles. The van der Waals surface area contributed by atoms with Gasteiger partial charge in [0.25, 0.3) is 6.29 Å². The van der Waals surface area contributed by atoms with Crippen molar-refractivity contribution in [1.29, 1.82) is 0 Å². The molecular formula is C15H18O3. The number of esters is 1. The summed E-state index contributed by atoms with van der Waals surface area (Å²) in [4.78, 5) is 11.2. The molecule has 1 aromatic rings. The molecule has 0 N–H and O–H groups in total. The molecule has 3 nitrogen and oxygen atoms in total. The molecule has 2 rings (SSSR count). The predicted octanol–water partition coefficient (Wildman–Crippen LogP) is 3.19. The van der Waals surface area contributed by atoms with Crippen LogP contribution in [0, 0.1) is 0 Å². The fraction of sp³-hybridized carbons (Fsp3) is 0.400. The molecule has 1 aromatic carbocycles. The van der Waals surface area contributed by atoms with Crippen LogP contribution in [0.15, 0.2) is 35.9 Å². The summed E-state index contributed by atoms with van der Waals surface area (Å²) < 4.78 is 10.6. The van der Waals surface area contributed by atoms with Crippen molar-refractivity contribution >= 4 is 5.97 Å². The quantitative estimate of drug-likeness (QED) is 0.752. The lowest BCUT2D eigenvalue weighted by Gasteiger charge is -2.19. The molecule has 0 fully saturated rings. The van der Waals surface area contributed by atoms with Crippen molar-refractivity contribution in [2.24, 2.45) is 0 Å². The Labute approximate surface area is 107 Å². The van der Waals surface area contributed by atoms with Gasteiger partial charge in [-0.3, -0.25) is 0 Å². The first-order valence-corrected chi connectivity index (χ1v) is 6.03. The average molecular weight is 246 g/mol. The van der Waals surface area contributed by atoms with Crippen molar-refractivity contribution in [3.8, 4) is 5.75 Å². The maximum atomic E-state index is 11.2. The summed E-state index contributed by atoms with van der Waals surface area (Å²) in [6.45, 7) is 8.20. The molecular weight excluding hydrogens is 228 g/mol. The third-order valence-electron chi connectivity index (χ3n) is 2.90. The highest BCUT2D eigenvalue weighted by molar-refractivity contribution is 5.90. The topological polar surface area (TPSA) is 35.5 Å². The Balaban J connectivity index is 2.06. The lowest BCUT2D eigenvalue weighted by Crippen LogP contribution is -2.16. The normalized spacial score (nSPS) is 19.4. The second kappa shape index (κ2) is 4.48. The Kier molecular flexibility index (Phi) is 3.16. The van der Waals surface area contributed by atoms with Crippen LogP contribution in [0.1, 0.15) is 33.3 Å². The number of hydrogen-bond donors (Lipinski definition) is 0. The van der Waals surface area contributed by atoms with E-state index in [1.807, 2.05) is 24.3 Å². The number of rotatable bonds is 2. The van der Waals surface area contributed by atoms with Gasteiger partial charge < -0.3 is 9.47 Å². The molecule has 1 unspecified atom stereocenters. The van der Waals surface area contributed by atoms with E-state index in [0.29, 0.717) is 11.3 Å². The third kappa shape index (κ3) is 2.73. The van der Waals surface area contributed by atoms with E-state index in [2.05, 4.69) is 20.8 Å². The molecule has 0 aliphatic carbocycles. The molecule has 96 valence electrons. The molecule has 0 bridgehead atoms. The van der Waals surface area contributed by atoms with Crippen LogP contribution in [0.2, 0.25) is 0 Å². The zero-order valence-electron chi connectivity index (χ0n) is 11.2. The summed E-state index contributed by atoms with van der Waals surface area (Å²) in [7, 11) is 0. The molecule has 1 aliphatic heterocycles. The number of benzene rings is 1. The first-order valence-electron chi connectivity index (χ1n) is 6.03. The number of carbonyl (C=O) groups is 1. The Hall–Kier alpha value is -1.77. The Bertz CT molecular complexity index is 477. The molecule has 1 aliphatic rings. The van der Waals surface area contributed by atoms with Crippen LogP contribution in [0.4, 0.5) is 0 Å². The Morgan fingerprint density at radius 2 is 1.78 bits per heavy atom. The summed E-state index contributed by atoms with van der Waals surface area (Å²) in [6, 6.07) is 7.86. The molecule has 0 aromatic heterocycles. The van der Waals surface area contributed by atoms with Crippen LogP contribution in [-0.4, -0.2) is 12.3 Å². The Morgan fingerprint density at radius 3 is 2.22 bits per heavy atom. The third-order valence-corrected chi connectivity index (χ3v) is 2.90. The molecule has 0 amide bonds. The Morgan fingerprint density at radius 1 is 1.17 bits per heavy atom. The van der Waals surface area contributed by atoms with E-state index in [4.69, 9.17) is 9.47 Å². The zero-order chi connectivity index (χ0) is 13.3. The van der Waals surface area contributed by atoms with E-state index >= 15 is 0 Å². The van der Waals surface area contributed by atoms with Crippen LogP contribution >= 0.6 is 0 Å². The van der Waals surface area contributed by atoms with Crippen molar-refractivity contribution in [3.63, 3.8) is 0 Å². The lowest BCUT2D eigenvalue weighted by molar-refractivity contribution is -0.148. The minimum absolute atomic E-state index is 0.120. The standard InChI is InChI=1S/C15H18O3/c1-10-9-13(18-14(10)16)17-12-7-5-11(6-8-12)15(2,3)4/h5-9,13H,1-4H3. The average Bonchev–Trinajstić information content (AvgIpc) is 2.57. The van der Waals surface area contributed by atoms with Gasteiger partial charge in [-0.15, -0.1) is 0 Å². The van der Waals surface area contributed by atoms with Crippen LogP contribution in [0.3, 0.4) is 0 Å². The molecule has 1 atom stereocenters. The van der Waals surface area contributed by atoms with Gasteiger partial charge >= 0.3 is 5.97 Å². The fourth-order valence-electron chi connectivity index (χ4n) is 1.73. The van der Waals surface area contributed by atoms with Crippen LogP contribution in [0.5, 0.6) is 5.75 Å². The minimum atomic E-state index is -0.599. The van der Waals surface area contributed by atoms with Gasteiger partial charge in [-0.05, 0) is 30.0 Å². The van der Waals surface area contributed by atoms with Crippen LogP contribution in [0.25, 0.3) is 0 Å². The maximum absolute atomic E-state index is 11.2. The van der Waals surface area contributed by atoms with E-state index in [0.717, 1.165) is 0 Å². The highest BCUT2D eigenvalue weighted by Crippen LogP contribution is 2.25. The number of hydrogen-bond acceptors (Lipinski definition) is 3. The smallest absolute Gasteiger partial charge is 0.336 e. The van der Waals surface area contributed by atoms with Crippen molar-refractivity contribution < 1.29 is 14.3 Å².